The zero-order valence-corrected chi connectivity index (χ0v) is 12.3. The van der Waals surface area contributed by atoms with Crippen molar-refractivity contribution in [1.29, 1.82) is 0 Å². The van der Waals surface area contributed by atoms with E-state index in [0.29, 0.717) is 11.5 Å². The normalized spacial score (nSPS) is 10.8. The molecule has 0 saturated carbocycles. The van der Waals surface area contributed by atoms with Crippen molar-refractivity contribution in [3.05, 3.63) is 53.0 Å². The first-order valence-corrected chi connectivity index (χ1v) is 6.63. The molecule has 110 valence electrons. The lowest BCUT2D eigenvalue weighted by molar-refractivity contribution is -0.123. The van der Waals surface area contributed by atoms with Crippen LogP contribution < -0.4 is 10.2 Å². The third-order valence-electron chi connectivity index (χ3n) is 2.84. The molecule has 2 rings (SSSR count). The summed E-state index contributed by atoms with van der Waals surface area (Å²) in [5, 5.41) is 3.81. The molecule has 0 aliphatic rings. The van der Waals surface area contributed by atoms with E-state index in [9.17, 15) is 4.79 Å². The molecule has 0 aliphatic carbocycles. The number of rotatable bonds is 5. The number of hydrogen-bond donors (Lipinski definition) is 1. The van der Waals surface area contributed by atoms with E-state index in [1.165, 1.54) is 6.21 Å². The SMILES string of the molecule is Cc1ccc(C)c(OCC(=O)N/N=C\c2ccc(C)o2)c1. The Morgan fingerprint density at radius 3 is 2.81 bits per heavy atom. The van der Waals surface area contributed by atoms with E-state index in [1.54, 1.807) is 6.07 Å². The van der Waals surface area contributed by atoms with E-state index < -0.39 is 0 Å². The maximum atomic E-state index is 11.6. The van der Waals surface area contributed by atoms with Crippen LogP contribution in [0.3, 0.4) is 0 Å². The van der Waals surface area contributed by atoms with Crippen molar-refractivity contribution in [1.82, 2.24) is 5.43 Å². The number of nitrogens with zero attached hydrogens (tertiary/aromatic N) is 1. The molecule has 0 fully saturated rings. The summed E-state index contributed by atoms with van der Waals surface area (Å²) in [6, 6.07) is 9.46. The molecule has 1 aromatic carbocycles. The van der Waals surface area contributed by atoms with Crippen molar-refractivity contribution in [3.63, 3.8) is 0 Å². The van der Waals surface area contributed by atoms with Crippen LogP contribution in [0.25, 0.3) is 0 Å². The van der Waals surface area contributed by atoms with Gasteiger partial charge in [-0.25, -0.2) is 5.43 Å². The van der Waals surface area contributed by atoms with Crippen LogP contribution in [-0.2, 0) is 4.79 Å². The van der Waals surface area contributed by atoms with Crippen LogP contribution in [0.2, 0.25) is 0 Å². The molecule has 0 unspecified atom stereocenters. The smallest absolute Gasteiger partial charge is 0.277 e. The zero-order chi connectivity index (χ0) is 15.2. The summed E-state index contributed by atoms with van der Waals surface area (Å²) in [5.41, 5.74) is 4.46. The number of benzene rings is 1. The number of nitrogens with one attached hydrogen (secondary N) is 1. The Hall–Kier alpha value is -2.56. The standard InChI is InChI=1S/C16H18N2O3/c1-11-4-5-12(2)15(8-11)20-10-16(19)18-17-9-14-7-6-13(3)21-14/h4-9H,10H2,1-3H3,(H,18,19)/b17-9-. The first kappa shape index (κ1) is 14.8. The van der Waals surface area contributed by atoms with Gasteiger partial charge in [-0.3, -0.25) is 4.79 Å². The highest BCUT2D eigenvalue weighted by molar-refractivity contribution is 5.81. The van der Waals surface area contributed by atoms with Crippen molar-refractivity contribution in [2.24, 2.45) is 5.10 Å². The molecule has 1 heterocycles. The Morgan fingerprint density at radius 2 is 2.10 bits per heavy atom. The minimum Gasteiger partial charge on any atom is -0.483 e. The van der Waals surface area contributed by atoms with Crippen molar-refractivity contribution in [2.45, 2.75) is 20.8 Å². The van der Waals surface area contributed by atoms with Gasteiger partial charge in [-0.05, 0) is 50.1 Å². The minimum atomic E-state index is -0.324. The number of ether oxygens (including phenoxy) is 1. The molecule has 0 bridgehead atoms. The predicted molar refractivity (Wildman–Crippen MR) is 80.6 cm³/mol. The van der Waals surface area contributed by atoms with Crippen LogP contribution in [-0.4, -0.2) is 18.7 Å². The third kappa shape index (κ3) is 4.49. The van der Waals surface area contributed by atoms with Gasteiger partial charge in [0.05, 0.1) is 6.21 Å². The molecule has 1 N–H and O–H groups in total. The first-order valence-electron chi connectivity index (χ1n) is 6.63. The average Bonchev–Trinajstić information content (AvgIpc) is 2.85. The van der Waals surface area contributed by atoms with Gasteiger partial charge < -0.3 is 9.15 Å². The number of amides is 1. The Bertz CT molecular complexity index is 659. The van der Waals surface area contributed by atoms with Crippen LogP contribution in [0.15, 0.2) is 39.9 Å². The zero-order valence-electron chi connectivity index (χ0n) is 12.3. The molecule has 5 nitrogen and oxygen atoms in total. The molecule has 5 heteroatoms. The summed E-state index contributed by atoms with van der Waals surface area (Å²) in [6.07, 6.45) is 1.45. The summed E-state index contributed by atoms with van der Waals surface area (Å²) in [4.78, 5) is 11.6. The van der Waals surface area contributed by atoms with Gasteiger partial charge in [0.15, 0.2) is 6.61 Å². The average molecular weight is 286 g/mol. The fourth-order valence-corrected chi connectivity index (χ4v) is 1.73. The van der Waals surface area contributed by atoms with E-state index >= 15 is 0 Å². The molecule has 0 radical (unpaired) electrons. The topological polar surface area (TPSA) is 63.8 Å². The molecule has 21 heavy (non-hydrogen) atoms. The third-order valence-corrected chi connectivity index (χ3v) is 2.84. The lowest BCUT2D eigenvalue weighted by Gasteiger charge is -2.08. The summed E-state index contributed by atoms with van der Waals surface area (Å²) in [5.74, 6) is 1.76. The Labute approximate surface area is 123 Å². The minimum absolute atomic E-state index is 0.0845. The fraction of sp³-hybridized carbons (Fsp3) is 0.250. The van der Waals surface area contributed by atoms with Crippen molar-refractivity contribution in [3.8, 4) is 5.75 Å². The second-order valence-electron chi connectivity index (χ2n) is 4.80. The summed E-state index contributed by atoms with van der Waals surface area (Å²) >= 11 is 0. The van der Waals surface area contributed by atoms with Crippen molar-refractivity contribution < 1.29 is 13.9 Å². The van der Waals surface area contributed by atoms with Crippen molar-refractivity contribution in [2.75, 3.05) is 6.61 Å². The molecule has 0 atom stereocenters. The molecule has 0 saturated heterocycles. The highest BCUT2D eigenvalue weighted by Crippen LogP contribution is 2.18. The van der Waals surface area contributed by atoms with Crippen molar-refractivity contribution >= 4 is 12.1 Å². The second kappa shape index (κ2) is 6.74. The monoisotopic (exact) mass is 286 g/mol. The van der Waals surface area contributed by atoms with Gasteiger partial charge in [-0.2, -0.15) is 5.10 Å². The van der Waals surface area contributed by atoms with Gasteiger partial charge in [-0.1, -0.05) is 12.1 Å². The number of furan rings is 1. The van der Waals surface area contributed by atoms with Crippen LogP contribution in [0.1, 0.15) is 22.6 Å². The summed E-state index contributed by atoms with van der Waals surface area (Å²) < 4.78 is 10.8. The Kier molecular flexibility index (Phi) is 4.77. The number of carbonyl (C=O) groups is 1. The van der Waals surface area contributed by atoms with E-state index in [1.807, 2.05) is 45.0 Å². The van der Waals surface area contributed by atoms with Crippen LogP contribution in [0.4, 0.5) is 0 Å². The van der Waals surface area contributed by atoms with Gasteiger partial charge in [0, 0.05) is 0 Å². The lowest BCUT2D eigenvalue weighted by Crippen LogP contribution is -2.24. The fourth-order valence-electron chi connectivity index (χ4n) is 1.73. The molecule has 1 amide bonds. The molecule has 2 aromatic rings. The van der Waals surface area contributed by atoms with E-state index in [-0.39, 0.29) is 12.5 Å². The van der Waals surface area contributed by atoms with Crippen LogP contribution >= 0.6 is 0 Å². The van der Waals surface area contributed by atoms with E-state index in [2.05, 4.69) is 10.5 Å². The van der Waals surface area contributed by atoms with Gasteiger partial charge in [0.1, 0.15) is 17.3 Å². The first-order chi connectivity index (χ1) is 10.0. The maximum absolute atomic E-state index is 11.6. The maximum Gasteiger partial charge on any atom is 0.277 e. The molecule has 1 aromatic heterocycles. The Morgan fingerprint density at radius 1 is 1.29 bits per heavy atom. The summed E-state index contributed by atoms with van der Waals surface area (Å²) in [6.45, 7) is 5.67. The molecule has 0 spiro atoms. The highest BCUT2D eigenvalue weighted by Gasteiger charge is 2.04. The Balaban J connectivity index is 1.82. The lowest BCUT2D eigenvalue weighted by atomic mass is 10.1. The molecular weight excluding hydrogens is 268 g/mol. The van der Waals surface area contributed by atoms with Gasteiger partial charge >= 0.3 is 0 Å². The van der Waals surface area contributed by atoms with Crippen LogP contribution in [0, 0.1) is 20.8 Å². The number of hydrazone groups is 1. The number of carbonyl (C=O) groups excluding carboxylic acids is 1. The largest absolute Gasteiger partial charge is 0.483 e. The van der Waals surface area contributed by atoms with Gasteiger partial charge in [0.2, 0.25) is 0 Å². The highest BCUT2D eigenvalue weighted by atomic mass is 16.5. The number of aryl methyl sites for hydroxylation is 3. The van der Waals surface area contributed by atoms with E-state index in [4.69, 9.17) is 9.15 Å². The molecule has 0 aliphatic heterocycles. The number of hydrogen-bond acceptors (Lipinski definition) is 4. The molecular formula is C16H18N2O3. The second-order valence-corrected chi connectivity index (χ2v) is 4.80. The van der Waals surface area contributed by atoms with Crippen LogP contribution in [0.5, 0.6) is 5.75 Å². The predicted octanol–water partition coefficient (Wildman–Crippen LogP) is 2.73. The van der Waals surface area contributed by atoms with E-state index in [0.717, 1.165) is 16.9 Å². The quantitative estimate of drug-likeness (QED) is 0.679. The van der Waals surface area contributed by atoms with Gasteiger partial charge in [-0.15, -0.1) is 0 Å². The van der Waals surface area contributed by atoms with Gasteiger partial charge in [0.25, 0.3) is 5.91 Å². The summed E-state index contributed by atoms with van der Waals surface area (Å²) in [7, 11) is 0.